The summed E-state index contributed by atoms with van der Waals surface area (Å²) in [5, 5.41) is 6.15. The Balaban J connectivity index is 2.07. The summed E-state index contributed by atoms with van der Waals surface area (Å²) in [7, 11) is 0. The Morgan fingerprint density at radius 1 is 1.11 bits per heavy atom. The van der Waals surface area contributed by atoms with Crippen molar-refractivity contribution >= 4 is 10.8 Å². The highest BCUT2D eigenvalue weighted by atomic mass is 14.9. The SMILES string of the molecule is C[C@@H](NC/C=C/CCN)c1cccc2ccccc12. The maximum atomic E-state index is 5.45. The highest BCUT2D eigenvalue weighted by molar-refractivity contribution is 5.86. The van der Waals surface area contributed by atoms with Gasteiger partial charge in [0.2, 0.25) is 0 Å². The molecule has 2 rings (SSSR count). The molecule has 3 N–H and O–H groups in total. The lowest BCUT2D eigenvalue weighted by Gasteiger charge is -2.15. The first-order chi connectivity index (χ1) is 9.33. The fraction of sp³-hybridized carbons (Fsp3) is 0.294. The molecule has 2 nitrogen and oxygen atoms in total. The van der Waals surface area contributed by atoms with Gasteiger partial charge in [0.25, 0.3) is 0 Å². The van der Waals surface area contributed by atoms with E-state index in [0.29, 0.717) is 6.04 Å². The lowest BCUT2D eigenvalue weighted by atomic mass is 10.00. The lowest BCUT2D eigenvalue weighted by molar-refractivity contribution is 0.621. The molecule has 2 aromatic rings. The molecular formula is C17H22N2. The topological polar surface area (TPSA) is 38.0 Å². The zero-order valence-corrected chi connectivity index (χ0v) is 11.5. The number of hydrogen-bond acceptors (Lipinski definition) is 2. The Hall–Kier alpha value is -1.64. The molecule has 100 valence electrons. The molecule has 0 spiro atoms. The number of hydrogen-bond donors (Lipinski definition) is 2. The minimum Gasteiger partial charge on any atom is -0.330 e. The van der Waals surface area contributed by atoms with E-state index in [1.165, 1.54) is 16.3 Å². The number of fused-ring (bicyclic) bond motifs is 1. The fourth-order valence-corrected chi connectivity index (χ4v) is 2.28. The quantitative estimate of drug-likeness (QED) is 0.775. The molecule has 0 aliphatic rings. The van der Waals surface area contributed by atoms with Crippen molar-refractivity contribution in [2.24, 2.45) is 5.73 Å². The van der Waals surface area contributed by atoms with E-state index >= 15 is 0 Å². The predicted molar refractivity (Wildman–Crippen MR) is 83.2 cm³/mol. The third kappa shape index (κ3) is 3.66. The van der Waals surface area contributed by atoms with Crippen molar-refractivity contribution in [3.8, 4) is 0 Å². The first-order valence-corrected chi connectivity index (χ1v) is 6.89. The lowest BCUT2D eigenvalue weighted by Crippen LogP contribution is -2.18. The van der Waals surface area contributed by atoms with Crippen LogP contribution in [0.4, 0.5) is 0 Å². The summed E-state index contributed by atoms with van der Waals surface area (Å²) in [6, 6.07) is 15.4. The smallest absolute Gasteiger partial charge is 0.0300 e. The van der Waals surface area contributed by atoms with Crippen molar-refractivity contribution in [2.75, 3.05) is 13.1 Å². The van der Waals surface area contributed by atoms with Crippen LogP contribution in [0.5, 0.6) is 0 Å². The number of nitrogens with two attached hydrogens (primary N) is 1. The van der Waals surface area contributed by atoms with E-state index in [9.17, 15) is 0 Å². The molecule has 0 aromatic heterocycles. The van der Waals surface area contributed by atoms with Crippen molar-refractivity contribution in [3.05, 3.63) is 60.2 Å². The summed E-state index contributed by atoms with van der Waals surface area (Å²) >= 11 is 0. The molecule has 0 aliphatic carbocycles. The second-order valence-corrected chi connectivity index (χ2v) is 4.75. The van der Waals surface area contributed by atoms with Crippen LogP contribution in [0.15, 0.2) is 54.6 Å². The van der Waals surface area contributed by atoms with E-state index in [4.69, 9.17) is 5.73 Å². The molecular weight excluding hydrogens is 232 g/mol. The largest absolute Gasteiger partial charge is 0.330 e. The summed E-state index contributed by atoms with van der Waals surface area (Å²) < 4.78 is 0. The zero-order valence-electron chi connectivity index (χ0n) is 11.5. The minimum atomic E-state index is 0.341. The van der Waals surface area contributed by atoms with Crippen LogP contribution < -0.4 is 11.1 Å². The Kier molecular flexibility index (Phi) is 5.13. The van der Waals surface area contributed by atoms with E-state index in [-0.39, 0.29) is 0 Å². The molecule has 2 aromatic carbocycles. The van der Waals surface area contributed by atoms with Crippen LogP contribution in [-0.4, -0.2) is 13.1 Å². The molecule has 19 heavy (non-hydrogen) atoms. The molecule has 1 atom stereocenters. The molecule has 0 unspecified atom stereocenters. The fourth-order valence-electron chi connectivity index (χ4n) is 2.28. The molecule has 0 aliphatic heterocycles. The van der Waals surface area contributed by atoms with Gasteiger partial charge in [-0.25, -0.2) is 0 Å². The molecule has 0 radical (unpaired) electrons. The van der Waals surface area contributed by atoms with Gasteiger partial charge < -0.3 is 11.1 Å². The average Bonchev–Trinajstić information content (AvgIpc) is 2.46. The molecule has 0 bridgehead atoms. The van der Waals surface area contributed by atoms with Gasteiger partial charge in [0.15, 0.2) is 0 Å². The summed E-state index contributed by atoms with van der Waals surface area (Å²) in [5.74, 6) is 0. The van der Waals surface area contributed by atoms with Crippen LogP contribution in [0, 0.1) is 0 Å². The first kappa shape index (κ1) is 13.8. The van der Waals surface area contributed by atoms with Crippen LogP contribution in [0.25, 0.3) is 10.8 Å². The molecule has 0 heterocycles. The van der Waals surface area contributed by atoms with Crippen LogP contribution in [-0.2, 0) is 0 Å². The monoisotopic (exact) mass is 254 g/mol. The second-order valence-electron chi connectivity index (χ2n) is 4.75. The van der Waals surface area contributed by atoms with Gasteiger partial charge in [-0.3, -0.25) is 0 Å². The van der Waals surface area contributed by atoms with Crippen molar-refractivity contribution < 1.29 is 0 Å². The van der Waals surface area contributed by atoms with Gasteiger partial charge >= 0.3 is 0 Å². The predicted octanol–water partition coefficient (Wildman–Crippen LogP) is 3.40. The van der Waals surface area contributed by atoms with Crippen molar-refractivity contribution in [3.63, 3.8) is 0 Å². The van der Waals surface area contributed by atoms with E-state index in [1.807, 2.05) is 0 Å². The molecule has 0 saturated carbocycles. The zero-order chi connectivity index (χ0) is 13.5. The van der Waals surface area contributed by atoms with Gasteiger partial charge in [0.1, 0.15) is 0 Å². The summed E-state index contributed by atoms with van der Waals surface area (Å²) in [5.41, 5.74) is 6.80. The van der Waals surface area contributed by atoms with E-state index in [2.05, 4.69) is 66.9 Å². The average molecular weight is 254 g/mol. The Morgan fingerprint density at radius 3 is 2.74 bits per heavy atom. The molecule has 0 amide bonds. The second kappa shape index (κ2) is 7.07. The summed E-state index contributed by atoms with van der Waals surface area (Å²) in [6.45, 7) is 3.80. The van der Waals surface area contributed by atoms with Gasteiger partial charge in [-0.05, 0) is 36.2 Å². The number of nitrogens with one attached hydrogen (secondary N) is 1. The summed E-state index contributed by atoms with van der Waals surface area (Å²) in [4.78, 5) is 0. The molecule has 0 fully saturated rings. The standard InChI is InChI=1S/C17H22N2/c1-14(19-13-6-2-5-12-18)16-11-7-9-15-8-3-4-10-17(15)16/h2-4,6-11,14,19H,5,12-13,18H2,1H3/b6-2+/t14-/m1/s1. The van der Waals surface area contributed by atoms with E-state index < -0.39 is 0 Å². The Labute approximate surface area is 115 Å². The third-order valence-electron chi connectivity index (χ3n) is 3.33. The van der Waals surface area contributed by atoms with Crippen LogP contribution in [0.2, 0.25) is 0 Å². The maximum absolute atomic E-state index is 5.45. The number of rotatable bonds is 6. The van der Waals surface area contributed by atoms with Crippen LogP contribution in [0.3, 0.4) is 0 Å². The van der Waals surface area contributed by atoms with Gasteiger partial charge in [0, 0.05) is 12.6 Å². The first-order valence-electron chi connectivity index (χ1n) is 6.89. The Bertz CT molecular complexity index is 540. The van der Waals surface area contributed by atoms with Crippen molar-refractivity contribution in [1.82, 2.24) is 5.32 Å². The van der Waals surface area contributed by atoms with Crippen LogP contribution >= 0.6 is 0 Å². The van der Waals surface area contributed by atoms with E-state index in [1.54, 1.807) is 0 Å². The van der Waals surface area contributed by atoms with Gasteiger partial charge in [-0.2, -0.15) is 0 Å². The molecule has 2 heteroatoms. The van der Waals surface area contributed by atoms with Gasteiger partial charge in [-0.15, -0.1) is 0 Å². The summed E-state index contributed by atoms with van der Waals surface area (Å²) in [6.07, 6.45) is 5.22. The van der Waals surface area contributed by atoms with Gasteiger partial charge in [-0.1, -0.05) is 54.6 Å². The minimum absolute atomic E-state index is 0.341. The number of benzene rings is 2. The molecule has 0 saturated heterocycles. The van der Waals surface area contributed by atoms with Crippen LogP contribution in [0.1, 0.15) is 24.9 Å². The third-order valence-corrected chi connectivity index (χ3v) is 3.33. The van der Waals surface area contributed by atoms with Crippen molar-refractivity contribution in [2.45, 2.75) is 19.4 Å². The normalized spacial score (nSPS) is 13.2. The Morgan fingerprint density at radius 2 is 1.89 bits per heavy atom. The maximum Gasteiger partial charge on any atom is 0.0300 e. The van der Waals surface area contributed by atoms with Crippen molar-refractivity contribution in [1.29, 1.82) is 0 Å². The van der Waals surface area contributed by atoms with E-state index in [0.717, 1.165) is 19.5 Å². The highest BCUT2D eigenvalue weighted by Gasteiger charge is 2.07. The van der Waals surface area contributed by atoms with Gasteiger partial charge in [0.05, 0.1) is 0 Å². The highest BCUT2D eigenvalue weighted by Crippen LogP contribution is 2.23.